The molecule has 0 fully saturated rings. The molecule has 0 spiro atoms. The average Bonchev–Trinajstić information content (AvgIpc) is 2.49. The summed E-state index contributed by atoms with van der Waals surface area (Å²) >= 11 is 0. The molecule has 0 aliphatic carbocycles. The van der Waals surface area contributed by atoms with Crippen molar-refractivity contribution >= 4 is 22.9 Å². The molecular weight excluding hydrogens is 276 g/mol. The van der Waals surface area contributed by atoms with Crippen molar-refractivity contribution in [2.24, 2.45) is 0 Å². The van der Waals surface area contributed by atoms with Crippen LogP contribution in [-0.4, -0.2) is 17.2 Å². The van der Waals surface area contributed by atoms with E-state index in [2.05, 4.69) is 10.6 Å². The van der Waals surface area contributed by atoms with Crippen molar-refractivity contribution in [2.45, 2.75) is 26.4 Å². The van der Waals surface area contributed by atoms with Crippen molar-refractivity contribution < 1.29 is 9.59 Å². The molecule has 0 heterocycles. The zero-order valence-electron chi connectivity index (χ0n) is 13.0. The molecule has 114 valence electrons. The number of carbonyl (C=O) groups is 2. The van der Waals surface area contributed by atoms with E-state index in [0.29, 0.717) is 11.4 Å². The molecule has 0 atom stereocenters. The smallest absolute Gasteiger partial charge is 0.228 e. The van der Waals surface area contributed by atoms with Crippen LogP contribution < -0.4 is 10.6 Å². The lowest BCUT2D eigenvalue weighted by Gasteiger charge is -2.32. The van der Waals surface area contributed by atoms with Gasteiger partial charge in [-0.2, -0.15) is 0 Å². The minimum Gasteiger partial charge on any atom is -0.350 e. The van der Waals surface area contributed by atoms with E-state index in [-0.39, 0.29) is 11.6 Å². The lowest BCUT2D eigenvalue weighted by molar-refractivity contribution is -0.129. The van der Waals surface area contributed by atoms with E-state index < -0.39 is 5.66 Å². The van der Waals surface area contributed by atoms with Gasteiger partial charge in [0.15, 0.2) is 11.6 Å². The molecule has 4 nitrogen and oxygen atoms in total. The second-order valence-electron chi connectivity index (χ2n) is 5.34. The highest BCUT2D eigenvalue weighted by atomic mass is 16.2. The molecule has 22 heavy (non-hydrogen) atoms. The summed E-state index contributed by atoms with van der Waals surface area (Å²) in [5.41, 5.74) is 1.04. The van der Waals surface area contributed by atoms with E-state index in [9.17, 15) is 9.59 Å². The quantitative estimate of drug-likeness (QED) is 0.633. The van der Waals surface area contributed by atoms with Gasteiger partial charge in [-0.1, -0.05) is 35.9 Å². The van der Waals surface area contributed by atoms with E-state index in [1.807, 2.05) is 61.5 Å². The number of nitrogens with one attached hydrogen (secondary N) is 2. The lowest BCUT2D eigenvalue weighted by atomic mass is 9.99. The number of Topliss-reactive ketones (excluding diaryl/α,β-unsaturated/α-hetero) is 2. The van der Waals surface area contributed by atoms with Crippen LogP contribution in [0.1, 0.15) is 19.4 Å². The minimum atomic E-state index is -1.48. The fourth-order valence-electron chi connectivity index (χ4n) is 2.22. The van der Waals surface area contributed by atoms with Crippen molar-refractivity contribution in [3.63, 3.8) is 0 Å². The maximum absolute atomic E-state index is 12.2. The van der Waals surface area contributed by atoms with Crippen molar-refractivity contribution in [3.05, 3.63) is 60.2 Å². The first-order valence-electron chi connectivity index (χ1n) is 7.14. The zero-order chi connectivity index (χ0) is 16.2. The van der Waals surface area contributed by atoms with Gasteiger partial charge in [0.1, 0.15) is 0 Å². The molecule has 2 rings (SSSR count). The fourth-order valence-corrected chi connectivity index (χ4v) is 2.22. The Labute approximate surface area is 130 Å². The number of anilines is 2. The Morgan fingerprint density at radius 1 is 0.773 bits per heavy atom. The highest BCUT2D eigenvalue weighted by Gasteiger charge is 2.40. The molecule has 0 saturated carbocycles. The first-order chi connectivity index (χ1) is 10.4. The Kier molecular flexibility index (Phi) is 4.61. The number of carbonyl (C=O) groups excluding carboxylic acids is 2. The Morgan fingerprint density at radius 3 is 1.68 bits per heavy atom. The van der Waals surface area contributed by atoms with Crippen LogP contribution in [-0.2, 0) is 9.59 Å². The fraction of sp³-hybridized carbons (Fsp3) is 0.222. The molecule has 4 heteroatoms. The van der Waals surface area contributed by atoms with Gasteiger partial charge in [0, 0.05) is 11.4 Å². The van der Waals surface area contributed by atoms with E-state index in [1.54, 1.807) is 0 Å². The lowest BCUT2D eigenvalue weighted by Crippen LogP contribution is -2.57. The third-order valence-corrected chi connectivity index (χ3v) is 3.55. The summed E-state index contributed by atoms with van der Waals surface area (Å²) in [7, 11) is 0. The molecular formula is C18H20N2O2. The summed E-state index contributed by atoms with van der Waals surface area (Å²) in [5.74, 6) is -0.575. The Morgan fingerprint density at radius 2 is 1.23 bits per heavy atom. The van der Waals surface area contributed by atoms with E-state index >= 15 is 0 Å². The van der Waals surface area contributed by atoms with Gasteiger partial charge in [0.05, 0.1) is 0 Å². The highest BCUT2D eigenvalue weighted by Crippen LogP contribution is 2.21. The van der Waals surface area contributed by atoms with Crippen molar-refractivity contribution in [2.75, 3.05) is 10.6 Å². The van der Waals surface area contributed by atoms with Crippen LogP contribution in [0.15, 0.2) is 54.6 Å². The zero-order valence-corrected chi connectivity index (χ0v) is 13.0. The van der Waals surface area contributed by atoms with Crippen LogP contribution in [0.5, 0.6) is 0 Å². The molecule has 0 bridgehead atoms. The van der Waals surface area contributed by atoms with Crippen LogP contribution in [0, 0.1) is 6.92 Å². The second kappa shape index (κ2) is 6.43. The van der Waals surface area contributed by atoms with Gasteiger partial charge in [-0.05, 0) is 45.0 Å². The first kappa shape index (κ1) is 15.8. The second-order valence-corrected chi connectivity index (χ2v) is 5.34. The third kappa shape index (κ3) is 3.34. The minimum absolute atomic E-state index is 0.288. The SMILES string of the molecule is CC(=O)C(Nc1ccccc1)(Nc1ccc(C)cc1)C(C)=O. The number of para-hydroxylation sites is 1. The molecule has 0 aromatic heterocycles. The summed E-state index contributed by atoms with van der Waals surface area (Å²) in [6, 6.07) is 16.8. The summed E-state index contributed by atoms with van der Waals surface area (Å²) in [6.07, 6.45) is 0. The summed E-state index contributed by atoms with van der Waals surface area (Å²) in [6.45, 7) is 4.78. The van der Waals surface area contributed by atoms with Gasteiger partial charge in [0.25, 0.3) is 0 Å². The molecule has 0 amide bonds. The van der Waals surface area contributed by atoms with E-state index in [1.165, 1.54) is 13.8 Å². The number of benzene rings is 2. The summed E-state index contributed by atoms with van der Waals surface area (Å²) in [5, 5.41) is 6.10. The molecule has 2 aromatic rings. The molecule has 2 N–H and O–H groups in total. The number of aryl methyl sites for hydroxylation is 1. The molecule has 0 saturated heterocycles. The van der Waals surface area contributed by atoms with Gasteiger partial charge < -0.3 is 10.6 Å². The number of ketones is 2. The van der Waals surface area contributed by atoms with Gasteiger partial charge in [0.2, 0.25) is 5.66 Å². The number of hydrogen-bond donors (Lipinski definition) is 2. The van der Waals surface area contributed by atoms with Gasteiger partial charge >= 0.3 is 0 Å². The predicted octanol–water partition coefficient (Wildman–Crippen LogP) is 3.39. The van der Waals surface area contributed by atoms with Crippen LogP contribution in [0.2, 0.25) is 0 Å². The third-order valence-electron chi connectivity index (χ3n) is 3.55. The average molecular weight is 296 g/mol. The van der Waals surface area contributed by atoms with Crippen LogP contribution >= 0.6 is 0 Å². The van der Waals surface area contributed by atoms with Crippen LogP contribution in [0.3, 0.4) is 0 Å². The predicted molar refractivity (Wildman–Crippen MR) is 89.0 cm³/mol. The normalized spacial score (nSPS) is 10.9. The van der Waals surface area contributed by atoms with E-state index in [4.69, 9.17) is 0 Å². The summed E-state index contributed by atoms with van der Waals surface area (Å²) < 4.78 is 0. The highest BCUT2D eigenvalue weighted by molar-refractivity contribution is 6.14. The Balaban J connectivity index is 2.38. The van der Waals surface area contributed by atoms with Crippen molar-refractivity contribution in [3.8, 4) is 0 Å². The first-order valence-corrected chi connectivity index (χ1v) is 7.14. The molecule has 0 aliphatic rings. The maximum Gasteiger partial charge on any atom is 0.228 e. The van der Waals surface area contributed by atoms with Crippen LogP contribution in [0.4, 0.5) is 11.4 Å². The molecule has 0 aliphatic heterocycles. The van der Waals surface area contributed by atoms with Gasteiger partial charge in [-0.25, -0.2) is 0 Å². The molecule has 0 radical (unpaired) electrons. The van der Waals surface area contributed by atoms with Gasteiger partial charge in [-0.15, -0.1) is 0 Å². The van der Waals surface area contributed by atoms with Crippen molar-refractivity contribution in [1.82, 2.24) is 0 Å². The number of hydrogen-bond acceptors (Lipinski definition) is 4. The largest absolute Gasteiger partial charge is 0.350 e. The topological polar surface area (TPSA) is 58.2 Å². The standard InChI is InChI=1S/C18H20N2O2/c1-13-9-11-17(12-10-13)20-18(14(2)21,15(3)22)19-16-7-5-4-6-8-16/h4-12,19-20H,1-3H3. The van der Waals surface area contributed by atoms with Crippen molar-refractivity contribution in [1.29, 1.82) is 0 Å². The molecule has 2 aromatic carbocycles. The van der Waals surface area contributed by atoms with E-state index in [0.717, 1.165) is 5.56 Å². The Hall–Kier alpha value is -2.62. The molecule has 0 unspecified atom stereocenters. The Bertz CT molecular complexity index is 649. The number of rotatable bonds is 6. The van der Waals surface area contributed by atoms with Crippen LogP contribution in [0.25, 0.3) is 0 Å². The summed E-state index contributed by atoms with van der Waals surface area (Å²) in [4.78, 5) is 24.5. The van der Waals surface area contributed by atoms with Gasteiger partial charge in [-0.3, -0.25) is 9.59 Å². The monoisotopic (exact) mass is 296 g/mol. The maximum atomic E-state index is 12.2.